The molecule has 2 saturated heterocycles. The van der Waals surface area contributed by atoms with Crippen LogP contribution >= 0.6 is 0 Å². The number of morpholine rings is 1. The van der Waals surface area contributed by atoms with Crippen molar-refractivity contribution in [3.05, 3.63) is 0 Å². The fourth-order valence-corrected chi connectivity index (χ4v) is 4.57. The minimum atomic E-state index is -0.163. The number of aliphatic hydroxyl groups is 1. The lowest BCUT2D eigenvalue weighted by Gasteiger charge is -2.50. The van der Waals surface area contributed by atoms with E-state index in [1.54, 1.807) is 0 Å². The van der Waals surface area contributed by atoms with Crippen LogP contribution in [0.3, 0.4) is 0 Å². The summed E-state index contributed by atoms with van der Waals surface area (Å²) in [6.07, 6.45) is 8.73. The normalized spacial score (nSPS) is 36.7. The lowest BCUT2D eigenvalue weighted by atomic mass is 9.77. The van der Waals surface area contributed by atoms with Gasteiger partial charge in [-0.2, -0.15) is 0 Å². The van der Waals surface area contributed by atoms with Gasteiger partial charge in [-0.15, -0.1) is 0 Å². The average molecular weight is 297 g/mol. The van der Waals surface area contributed by atoms with Crippen molar-refractivity contribution in [1.29, 1.82) is 0 Å². The highest BCUT2D eigenvalue weighted by atomic mass is 16.5. The molecule has 0 aromatic heterocycles. The second-order valence-corrected chi connectivity index (χ2v) is 7.85. The van der Waals surface area contributed by atoms with Gasteiger partial charge in [0.15, 0.2) is 0 Å². The van der Waals surface area contributed by atoms with Gasteiger partial charge in [-0.05, 0) is 39.5 Å². The number of hydrogen-bond acceptors (Lipinski definition) is 4. The van der Waals surface area contributed by atoms with Crippen LogP contribution in [0.5, 0.6) is 0 Å². The monoisotopic (exact) mass is 297 g/mol. The zero-order chi connectivity index (χ0) is 14.9. The smallest absolute Gasteiger partial charge is 0.0940 e. The molecule has 4 heteroatoms. The quantitative estimate of drug-likeness (QED) is 0.849. The molecule has 122 valence electrons. The van der Waals surface area contributed by atoms with E-state index in [4.69, 9.17) is 9.47 Å². The lowest BCUT2D eigenvalue weighted by molar-refractivity contribution is -0.179. The number of ether oxygens (including phenoxy) is 2. The highest BCUT2D eigenvalue weighted by Gasteiger charge is 2.43. The van der Waals surface area contributed by atoms with Crippen molar-refractivity contribution < 1.29 is 14.6 Å². The number of hydrogen-bond donors (Lipinski definition) is 1. The van der Waals surface area contributed by atoms with Crippen molar-refractivity contribution in [2.45, 2.75) is 82.1 Å². The molecule has 2 aliphatic heterocycles. The molecule has 3 fully saturated rings. The maximum absolute atomic E-state index is 9.51. The predicted molar refractivity (Wildman–Crippen MR) is 82.4 cm³/mol. The summed E-state index contributed by atoms with van der Waals surface area (Å²) in [6, 6.07) is 0.592. The minimum Gasteiger partial charge on any atom is -0.394 e. The van der Waals surface area contributed by atoms with Gasteiger partial charge in [0.25, 0.3) is 0 Å². The first-order valence-corrected chi connectivity index (χ1v) is 8.69. The molecule has 0 bridgehead atoms. The van der Waals surface area contributed by atoms with Crippen molar-refractivity contribution in [2.24, 2.45) is 0 Å². The van der Waals surface area contributed by atoms with Crippen molar-refractivity contribution in [3.63, 3.8) is 0 Å². The molecule has 2 heterocycles. The first kappa shape index (κ1) is 15.7. The SMILES string of the molecule is CC1(C)CN(C2CCOC3(CCCCC3)C2)CC(CO)O1. The topological polar surface area (TPSA) is 41.9 Å². The minimum absolute atomic E-state index is 0.0427. The molecule has 0 aromatic rings. The molecule has 0 amide bonds. The molecular weight excluding hydrogens is 266 g/mol. The Morgan fingerprint density at radius 2 is 1.95 bits per heavy atom. The van der Waals surface area contributed by atoms with Crippen molar-refractivity contribution in [1.82, 2.24) is 4.90 Å². The van der Waals surface area contributed by atoms with Crippen LogP contribution in [-0.2, 0) is 9.47 Å². The van der Waals surface area contributed by atoms with Crippen LogP contribution in [0.4, 0.5) is 0 Å². The molecule has 1 saturated carbocycles. The molecule has 1 N–H and O–H groups in total. The molecule has 21 heavy (non-hydrogen) atoms. The third kappa shape index (κ3) is 3.61. The van der Waals surface area contributed by atoms with E-state index in [9.17, 15) is 5.11 Å². The van der Waals surface area contributed by atoms with E-state index in [0.29, 0.717) is 6.04 Å². The van der Waals surface area contributed by atoms with Crippen LogP contribution in [0.1, 0.15) is 58.8 Å². The molecule has 3 aliphatic rings. The third-order valence-corrected chi connectivity index (χ3v) is 5.46. The van der Waals surface area contributed by atoms with Gasteiger partial charge in [0.05, 0.1) is 23.9 Å². The maximum Gasteiger partial charge on any atom is 0.0940 e. The number of rotatable bonds is 2. The predicted octanol–water partition coefficient (Wildman–Crippen LogP) is 2.34. The molecule has 0 aromatic carbocycles. The summed E-state index contributed by atoms with van der Waals surface area (Å²) in [4.78, 5) is 2.56. The zero-order valence-electron chi connectivity index (χ0n) is 13.6. The van der Waals surface area contributed by atoms with Crippen LogP contribution in [0.2, 0.25) is 0 Å². The Labute approximate surface area is 128 Å². The summed E-state index contributed by atoms with van der Waals surface area (Å²) in [7, 11) is 0. The summed E-state index contributed by atoms with van der Waals surface area (Å²) in [5.41, 5.74) is -0.0119. The van der Waals surface area contributed by atoms with E-state index in [1.807, 2.05) is 0 Å². The molecule has 1 spiro atoms. The van der Waals surface area contributed by atoms with Crippen molar-refractivity contribution >= 4 is 0 Å². The Balaban J connectivity index is 1.67. The first-order valence-electron chi connectivity index (χ1n) is 8.69. The van der Waals surface area contributed by atoms with E-state index >= 15 is 0 Å². The van der Waals surface area contributed by atoms with Gasteiger partial charge in [-0.1, -0.05) is 19.3 Å². The van der Waals surface area contributed by atoms with Crippen LogP contribution in [0.15, 0.2) is 0 Å². The Hall–Kier alpha value is -0.160. The Bertz CT molecular complexity index is 346. The molecule has 0 radical (unpaired) electrons. The second-order valence-electron chi connectivity index (χ2n) is 7.85. The number of aliphatic hydroxyl groups excluding tert-OH is 1. The van der Waals surface area contributed by atoms with E-state index in [0.717, 1.165) is 26.1 Å². The van der Waals surface area contributed by atoms with Crippen molar-refractivity contribution in [2.75, 3.05) is 26.3 Å². The van der Waals surface area contributed by atoms with Gasteiger partial charge in [0.1, 0.15) is 0 Å². The van der Waals surface area contributed by atoms with Gasteiger partial charge >= 0.3 is 0 Å². The van der Waals surface area contributed by atoms with E-state index in [-0.39, 0.29) is 23.9 Å². The zero-order valence-corrected chi connectivity index (χ0v) is 13.6. The number of nitrogens with zero attached hydrogens (tertiary/aromatic N) is 1. The fourth-order valence-electron chi connectivity index (χ4n) is 4.57. The lowest BCUT2D eigenvalue weighted by Crippen LogP contribution is -2.59. The van der Waals surface area contributed by atoms with Gasteiger partial charge in [-0.25, -0.2) is 0 Å². The average Bonchev–Trinajstić information content (AvgIpc) is 2.46. The highest BCUT2D eigenvalue weighted by Crippen LogP contribution is 2.40. The summed E-state index contributed by atoms with van der Waals surface area (Å²) >= 11 is 0. The maximum atomic E-state index is 9.51. The molecule has 2 atom stereocenters. The van der Waals surface area contributed by atoms with Gasteiger partial charge < -0.3 is 14.6 Å². The van der Waals surface area contributed by atoms with Gasteiger partial charge in [0.2, 0.25) is 0 Å². The Kier molecular flexibility index (Phi) is 4.60. The van der Waals surface area contributed by atoms with E-state index in [2.05, 4.69) is 18.7 Å². The van der Waals surface area contributed by atoms with E-state index in [1.165, 1.54) is 38.5 Å². The molecule has 3 rings (SSSR count). The van der Waals surface area contributed by atoms with Gasteiger partial charge in [-0.3, -0.25) is 4.90 Å². The van der Waals surface area contributed by atoms with Gasteiger partial charge in [0, 0.05) is 25.7 Å². The van der Waals surface area contributed by atoms with Crippen LogP contribution < -0.4 is 0 Å². The first-order chi connectivity index (χ1) is 10.0. The van der Waals surface area contributed by atoms with Crippen LogP contribution in [0, 0.1) is 0 Å². The third-order valence-electron chi connectivity index (χ3n) is 5.46. The summed E-state index contributed by atoms with van der Waals surface area (Å²) < 4.78 is 12.2. The summed E-state index contributed by atoms with van der Waals surface area (Å²) in [5.74, 6) is 0. The standard InChI is InChI=1S/C17H31NO3/c1-16(2)13-18(11-15(12-19)21-16)14-6-9-20-17(10-14)7-4-3-5-8-17/h14-15,19H,3-13H2,1-2H3. The van der Waals surface area contributed by atoms with Crippen molar-refractivity contribution in [3.8, 4) is 0 Å². The van der Waals surface area contributed by atoms with E-state index < -0.39 is 0 Å². The Morgan fingerprint density at radius 1 is 1.19 bits per heavy atom. The largest absolute Gasteiger partial charge is 0.394 e. The second kappa shape index (κ2) is 6.15. The molecule has 2 unspecified atom stereocenters. The molecular formula is C17H31NO3. The van der Waals surface area contributed by atoms with Crippen LogP contribution in [0.25, 0.3) is 0 Å². The highest BCUT2D eigenvalue weighted by molar-refractivity contribution is 4.96. The summed E-state index contributed by atoms with van der Waals surface area (Å²) in [5, 5.41) is 9.51. The molecule has 1 aliphatic carbocycles. The summed E-state index contributed by atoms with van der Waals surface area (Å²) in [6.45, 7) is 7.11. The Morgan fingerprint density at radius 3 is 2.67 bits per heavy atom. The fraction of sp³-hybridized carbons (Fsp3) is 1.00. The molecule has 4 nitrogen and oxygen atoms in total. The van der Waals surface area contributed by atoms with Crippen LogP contribution in [-0.4, -0.2) is 59.7 Å².